The molecule has 6 nitrogen and oxygen atoms in total. The highest BCUT2D eigenvalue weighted by Gasteiger charge is 2.11. The molecule has 0 bridgehead atoms. The molecular formula is C31H31N5OS. The molecule has 3 aromatic heterocycles. The lowest BCUT2D eigenvalue weighted by molar-refractivity contribution is -0.115. The summed E-state index contributed by atoms with van der Waals surface area (Å²) in [4.78, 5) is 20.4. The lowest BCUT2D eigenvalue weighted by Crippen LogP contribution is -2.21. The summed E-state index contributed by atoms with van der Waals surface area (Å²) in [5.74, 6) is -0.0164. The lowest BCUT2D eigenvalue weighted by Gasteiger charge is -2.16. The topological polar surface area (TPSA) is 73.9 Å². The minimum absolute atomic E-state index is 0.0164. The Morgan fingerprint density at radius 1 is 1.08 bits per heavy atom. The Kier molecular flexibility index (Phi) is 8.06. The zero-order valence-electron chi connectivity index (χ0n) is 21.6. The van der Waals surface area contributed by atoms with Gasteiger partial charge in [-0.25, -0.2) is 0 Å². The third-order valence-corrected chi connectivity index (χ3v) is 7.32. The van der Waals surface area contributed by atoms with Crippen molar-refractivity contribution < 1.29 is 4.79 Å². The molecule has 0 saturated heterocycles. The number of fused-ring (bicyclic) bond motifs is 1. The van der Waals surface area contributed by atoms with E-state index in [1.807, 2.05) is 61.0 Å². The van der Waals surface area contributed by atoms with Gasteiger partial charge in [0, 0.05) is 47.4 Å². The number of rotatable bonds is 10. The van der Waals surface area contributed by atoms with E-state index in [4.69, 9.17) is 0 Å². The van der Waals surface area contributed by atoms with Crippen LogP contribution in [0, 0.1) is 6.92 Å². The Balaban J connectivity index is 1.25. The highest BCUT2D eigenvalue weighted by atomic mass is 32.1. The first-order valence-electron chi connectivity index (χ1n) is 12.7. The Labute approximate surface area is 227 Å². The molecule has 2 aromatic carbocycles. The second kappa shape index (κ2) is 12.0. The molecule has 38 heavy (non-hydrogen) atoms. The molecule has 3 heterocycles. The van der Waals surface area contributed by atoms with Gasteiger partial charge in [-0.2, -0.15) is 5.10 Å². The largest absolute Gasteiger partial charge is 0.326 e. The summed E-state index contributed by atoms with van der Waals surface area (Å²) in [6.07, 6.45) is 7.26. The van der Waals surface area contributed by atoms with Gasteiger partial charge in [-0.05, 0) is 72.4 Å². The van der Waals surface area contributed by atoms with Crippen LogP contribution in [0.25, 0.3) is 23.1 Å². The number of pyridine rings is 1. The molecule has 5 rings (SSSR count). The number of nitrogens with one attached hydrogen (secondary N) is 2. The van der Waals surface area contributed by atoms with E-state index in [1.165, 1.54) is 5.56 Å². The third kappa shape index (κ3) is 6.62. The van der Waals surface area contributed by atoms with E-state index < -0.39 is 0 Å². The second-order valence-corrected chi connectivity index (χ2v) is 10.5. The van der Waals surface area contributed by atoms with Gasteiger partial charge in [0.2, 0.25) is 5.91 Å². The molecule has 0 aliphatic heterocycles. The van der Waals surface area contributed by atoms with Crippen molar-refractivity contribution in [3.63, 3.8) is 0 Å². The van der Waals surface area contributed by atoms with Gasteiger partial charge in [-0.1, -0.05) is 42.5 Å². The molecule has 0 saturated carbocycles. The van der Waals surface area contributed by atoms with Gasteiger partial charge in [0.1, 0.15) is 0 Å². The fourth-order valence-electron chi connectivity index (χ4n) is 4.43. The quantitative estimate of drug-likeness (QED) is 0.224. The van der Waals surface area contributed by atoms with E-state index in [1.54, 1.807) is 11.3 Å². The fraction of sp³-hybridized carbons (Fsp3) is 0.194. The minimum atomic E-state index is -0.0164. The van der Waals surface area contributed by atoms with Crippen LogP contribution in [0.15, 0.2) is 78.3 Å². The van der Waals surface area contributed by atoms with Crippen molar-refractivity contribution >= 4 is 46.0 Å². The number of hydrogen-bond acceptors (Lipinski definition) is 5. The lowest BCUT2D eigenvalue weighted by atomic mass is 10.1. The zero-order chi connectivity index (χ0) is 26.3. The molecule has 2 N–H and O–H groups in total. The molecule has 192 valence electrons. The van der Waals surface area contributed by atoms with Gasteiger partial charge in [-0.15, -0.1) is 11.3 Å². The summed E-state index contributed by atoms with van der Waals surface area (Å²) < 4.78 is 0. The van der Waals surface area contributed by atoms with Crippen LogP contribution in [0.2, 0.25) is 0 Å². The van der Waals surface area contributed by atoms with Crippen LogP contribution >= 0.6 is 11.3 Å². The molecule has 0 atom stereocenters. The Hall–Kier alpha value is -4.07. The van der Waals surface area contributed by atoms with E-state index in [0.717, 1.165) is 63.5 Å². The van der Waals surface area contributed by atoms with Crippen LogP contribution in [-0.2, 0) is 24.2 Å². The number of carbonyl (C=O) groups excluding carboxylic acids is 1. The van der Waals surface area contributed by atoms with Crippen LogP contribution in [0.1, 0.15) is 33.0 Å². The Morgan fingerprint density at radius 2 is 2.00 bits per heavy atom. The molecule has 0 fully saturated rings. The Bertz CT molecular complexity index is 1540. The zero-order valence-corrected chi connectivity index (χ0v) is 22.5. The molecule has 5 aromatic rings. The van der Waals surface area contributed by atoms with Crippen molar-refractivity contribution in [3.05, 3.63) is 111 Å². The van der Waals surface area contributed by atoms with E-state index >= 15 is 0 Å². The standard InChI is InChI=1S/C31H31N5OS/c1-22-17-30-27(20-29(22)33-31(37)19-26-10-6-16-38-26)28(34-35-30)12-11-23-7-5-8-24(18-23)21-36(2)15-13-25-9-3-4-14-32-25/h3-12,14,16-18,20H,13,15,19,21H2,1-2H3,(H,33,37)(H,34,35). The molecular weight excluding hydrogens is 490 g/mol. The van der Waals surface area contributed by atoms with Gasteiger partial charge >= 0.3 is 0 Å². The SMILES string of the molecule is Cc1cc2[nH]nc(C=Cc3cccc(CN(C)CCc4ccccn4)c3)c2cc1NC(=O)Cc1cccs1. The second-order valence-electron chi connectivity index (χ2n) is 9.51. The normalized spacial score (nSPS) is 11.6. The summed E-state index contributed by atoms with van der Waals surface area (Å²) in [6, 6.07) is 22.6. The maximum absolute atomic E-state index is 12.6. The van der Waals surface area contributed by atoms with Crippen molar-refractivity contribution in [2.24, 2.45) is 0 Å². The molecule has 0 radical (unpaired) electrons. The maximum Gasteiger partial charge on any atom is 0.229 e. The smallest absolute Gasteiger partial charge is 0.229 e. The van der Waals surface area contributed by atoms with Gasteiger partial charge in [0.25, 0.3) is 0 Å². The van der Waals surface area contributed by atoms with Gasteiger partial charge in [0.15, 0.2) is 0 Å². The molecule has 1 amide bonds. The van der Waals surface area contributed by atoms with Crippen LogP contribution < -0.4 is 5.32 Å². The van der Waals surface area contributed by atoms with E-state index in [2.05, 4.69) is 68.9 Å². The summed E-state index contributed by atoms with van der Waals surface area (Å²) in [5, 5.41) is 13.7. The Morgan fingerprint density at radius 3 is 2.82 bits per heavy atom. The molecule has 0 aliphatic carbocycles. The maximum atomic E-state index is 12.6. The summed E-state index contributed by atoms with van der Waals surface area (Å²) in [5.41, 5.74) is 7.08. The van der Waals surface area contributed by atoms with E-state index in [-0.39, 0.29) is 5.91 Å². The highest BCUT2D eigenvalue weighted by molar-refractivity contribution is 7.10. The van der Waals surface area contributed by atoms with E-state index in [0.29, 0.717) is 6.42 Å². The van der Waals surface area contributed by atoms with E-state index in [9.17, 15) is 4.79 Å². The van der Waals surface area contributed by atoms with Crippen molar-refractivity contribution in [2.75, 3.05) is 18.9 Å². The summed E-state index contributed by atoms with van der Waals surface area (Å²) in [7, 11) is 2.14. The average molecular weight is 522 g/mol. The number of H-pyrrole nitrogens is 1. The number of aryl methyl sites for hydroxylation is 1. The molecule has 7 heteroatoms. The van der Waals surface area contributed by atoms with Crippen LogP contribution in [-0.4, -0.2) is 39.6 Å². The first-order chi connectivity index (χ1) is 18.5. The number of anilines is 1. The van der Waals surface area contributed by atoms with Crippen molar-refractivity contribution in [2.45, 2.75) is 26.3 Å². The number of nitrogens with zero attached hydrogens (tertiary/aromatic N) is 3. The van der Waals surface area contributed by atoms with Crippen molar-refractivity contribution in [1.82, 2.24) is 20.1 Å². The third-order valence-electron chi connectivity index (χ3n) is 6.44. The van der Waals surface area contributed by atoms with Gasteiger partial charge in [-0.3, -0.25) is 14.9 Å². The highest BCUT2D eigenvalue weighted by Crippen LogP contribution is 2.26. The van der Waals surface area contributed by atoms with Crippen molar-refractivity contribution in [3.8, 4) is 0 Å². The number of thiophene rings is 1. The first-order valence-corrected chi connectivity index (χ1v) is 13.6. The number of hydrogen-bond donors (Lipinski definition) is 2. The number of aromatic amines is 1. The van der Waals surface area contributed by atoms with Crippen LogP contribution in [0.3, 0.4) is 0 Å². The fourth-order valence-corrected chi connectivity index (χ4v) is 5.14. The van der Waals surface area contributed by atoms with Crippen LogP contribution in [0.5, 0.6) is 0 Å². The van der Waals surface area contributed by atoms with Gasteiger partial charge < -0.3 is 10.2 Å². The molecule has 0 unspecified atom stereocenters. The average Bonchev–Trinajstić information content (AvgIpc) is 3.57. The first kappa shape index (κ1) is 25.6. The number of benzene rings is 2. The van der Waals surface area contributed by atoms with Crippen LogP contribution in [0.4, 0.5) is 5.69 Å². The van der Waals surface area contributed by atoms with Crippen molar-refractivity contribution in [1.29, 1.82) is 0 Å². The number of amides is 1. The van der Waals surface area contributed by atoms with Gasteiger partial charge in [0.05, 0.1) is 17.6 Å². The predicted octanol–water partition coefficient (Wildman–Crippen LogP) is 6.35. The summed E-state index contributed by atoms with van der Waals surface area (Å²) >= 11 is 1.59. The number of aromatic nitrogens is 3. The summed E-state index contributed by atoms with van der Waals surface area (Å²) in [6.45, 7) is 3.81. The number of likely N-dealkylation sites (N-methyl/N-ethyl adjacent to an activating group) is 1. The molecule has 0 spiro atoms. The number of carbonyl (C=O) groups is 1. The predicted molar refractivity (Wildman–Crippen MR) is 157 cm³/mol. The molecule has 0 aliphatic rings. The minimum Gasteiger partial charge on any atom is -0.326 e. The monoisotopic (exact) mass is 521 g/mol.